The molecule has 0 aliphatic carbocycles. The van der Waals surface area contributed by atoms with Crippen LogP contribution >= 0.6 is 0 Å². The minimum absolute atomic E-state index is 0.0369. The van der Waals surface area contributed by atoms with E-state index in [0.29, 0.717) is 0 Å². The number of methoxy groups -OCH3 is 2. The summed E-state index contributed by atoms with van der Waals surface area (Å²) in [5.41, 5.74) is 1.01. The molecular formula is C16H24N2O3. The van der Waals surface area contributed by atoms with Crippen LogP contribution < -0.4 is 15.4 Å². The van der Waals surface area contributed by atoms with E-state index in [4.69, 9.17) is 9.47 Å². The van der Waals surface area contributed by atoms with Crippen LogP contribution in [-0.4, -0.2) is 45.4 Å². The van der Waals surface area contributed by atoms with E-state index in [1.54, 1.807) is 14.2 Å². The van der Waals surface area contributed by atoms with Crippen LogP contribution in [0.3, 0.4) is 0 Å². The van der Waals surface area contributed by atoms with Crippen LogP contribution in [-0.2, 0) is 9.53 Å². The SMILES string of the molecule is CC[C@H](C(=O)N[C@H]1CNC[C@@H]1OC)c1ccc(OC)cc1. The summed E-state index contributed by atoms with van der Waals surface area (Å²) in [5, 5.41) is 6.33. The van der Waals surface area contributed by atoms with Gasteiger partial charge in [-0.05, 0) is 24.1 Å². The number of carbonyl (C=O) groups is 1. The summed E-state index contributed by atoms with van der Waals surface area (Å²) in [7, 11) is 3.31. The van der Waals surface area contributed by atoms with Crippen molar-refractivity contribution in [3.63, 3.8) is 0 Å². The average molecular weight is 292 g/mol. The zero-order valence-electron chi connectivity index (χ0n) is 12.9. The van der Waals surface area contributed by atoms with E-state index in [0.717, 1.165) is 30.8 Å². The Hall–Kier alpha value is -1.59. The van der Waals surface area contributed by atoms with Gasteiger partial charge in [0.15, 0.2) is 0 Å². The van der Waals surface area contributed by atoms with Crippen LogP contribution in [0.4, 0.5) is 0 Å². The molecule has 0 aromatic heterocycles. The van der Waals surface area contributed by atoms with Crippen molar-refractivity contribution in [1.29, 1.82) is 0 Å². The molecule has 1 aromatic rings. The highest BCUT2D eigenvalue weighted by molar-refractivity contribution is 5.84. The topological polar surface area (TPSA) is 59.6 Å². The van der Waals surface area contributed by atoms with Gasteiger partial charge in [0.2, 0.25) is 5.91 Å². The second-order valence-electron chi connectivity index (χ2n) is 5.28. The van der Waals surface area contributed by atoms with Gasteiger partial charge in [0.05, 0.1) is 25.2 Å². The van der Waals surface area contributed by atoms with E-state index in [1.807, 2.05) is 31.2 Å². The number of benzene rings is 1. The first-order chi connectivity index (χ1) is 10.2. The van der Waals surface area contributed by atoms with Gasteiger partial charge in [0, 0.05) is 20.2 Å². The maximum absolute atomic E-state index is 12.5. The zero-order chi connectivity index (χ0) is 15.2. The van der Waals surface area contributed by atoms with Gasteiger partial charge in [0.1, 0.15) is 5.75 Å². The van der Waals surface area contributed by atoms with E-state index < -0.39 is 0 Å². The maximum Gasteiger partial charge on any atom is 0.227 e. The Balaban J connectivity index is 2.03. The number of rotatable bonds is 6. The molecule has 1 saturated heterocycles. The fraction of sp³-hybridized carbons (Fsp3) is 0.562. The first kappa shape index (κ1) is 15.8. The van der Waals surface area contributed by atoms with Crippen LogP contribution in [0.2, 0.25) is 0 Å². The summed E-state index contributed by atoms with van der Waals surface area (Å²) in [4.78, 5) is 12.5. The third kappa shape index (κ3) is 3.74. The molecule has 3 atom stereocenters. The lowest BCUT2D eigenvalue weighted by Crippen LogP contribution is -2.45. The fourth-order valence-electron chi connectivity index (χ4n) is 2.74. The van der Waals surface area contributed by atoms with Crippen molar-refractivity contribution in [2.45, 2.75) is 31.4 Å². The lowest BCUT2D eigenvalue weighted by atomic mass is 9.95. The van der Waals surface area contributed by atoms with Crippen molar-refractivity contribution in [3.05, 3.63) is 29.8 Å². The molecule has 5 heteroatoms. The molecule has 1 fully saturated rings. The lowest BCUT2D eigenvalue weighted by Gasteiger charge is -2.22. The van der Waals surface area contributed by atoms with Crippen molar-refractivity contribution in [3.8, 4) is 5.75 Å². The third-order valence-corrected chi connectivity index (χ3v) is 4.03. The second-order valence-corrected chi connectivity index (χ2v) is 5.28. The number of nitrogens with one attached hydrogen (secondary N) is 2. The lowest BCUT2D eigenvalue weighted by molar-refractivity contribution is -0.124. The van der Waals surface area contributed by atoms with Gasteiger partial charge < -0.3 is 20.1 Å². The van der Waals surface area contributed by atoms with E-state index in [2.05, 4.69) is 10.6 Å². The predicted octanol–water partition coefficient (Wildman–Crippen LogP) is 1.29. The van der Waals surface area contributed by atoms with Crippen LogP contribution in [0.1, 0.15) is 24.8 Å². The molecule has 1 amide bonds. The molecule has 0 spiro atoms. The Morgan fingerprint density at radius 1 is 1.33 bits per heavy atom. The molecule has 2 rings (SSSR count). The molecule has 0 bridgehead atoms. The molecular weight excluding hydrogens is 268 g/mol. The Morgan fingerprint density at radius 3 is 2.62 bits per heavy atom. The number of hydrogen-bond acceptors (Lipinski definition) is 4. The Kier molecular flexibility index (Phi) is 5.59. The first-order valence-corrected chi connectivity index (χ1v) is 7.37. The van der Waals surface area contributed by atoms with Gasteiger partial charge in [-0.3, -0.25) is 4.79 Å². The summed E-state index contributed by atoms with van der Waals surface area (Å²) in [6.45, 7) is 3.55. The van der Waals surface area contributed by atoms with Crippen molar-refractivity contribution >= 4 is 5.91 Å². The van der Waals surface area contributed by atoms with Crippen LogP contribution in [0.15, 0.2) is 24.3 Å². The summed E-state index contributed by atoms with van der Waals surface area (Å²) in [5.74, 6) is 0.709. The highest BCUT2D eigenvalue weighted by Crippen LogP contribution is 2.23. The molecule has 116 valence electrons. The van der Waals surface area contributed by atoms with E-state index in [-0.39, 0.29) is 24.0 Å². The van der Waals surface area contributed by atoms with Crippen LogP contribution in [0.25, 0.3) is 0 Å². The minimum Gasteiger partial charge on any atom is -0.497 e. The molecule has 0 unspecified atom stereocenters. The normalized spacial score (nSPS) is 22.8. The maximum atomic E-state index is 12.5. The average Bonchev–Trinajstić information content (AvgIpc) is 2.96. The quantitative estimate of drug-likeness (QED) is 0.829. The molecule has 1 aromatic carbocycles. The van der Waals surface area contributed by atoms with Crippen molar-refractivity contribution in [2.24, 2.45) is 0 Å². The predicted molar refractivity (Wildman–Crippen MR) is 81.6 cm³/mol. The van der Waals surface area contributed by atoms with Gasteiger partial charge in [-0.15, -0.1) is 0 Å². The van der Waals surface area contributed by atoms with Crippen LogP contribution in [0, 0.1) is 0 Å². The molecule has 2 N–H and O–H groups in total. The Bertz CT molecular complexity index is 461. The Labute approximate surface area is 126 Å². The van der Waals surface area contributed by atoms with Gasteiger partial charge in [-0.1, -0.05) is 19.1 Å². The summed E-state index contributed by atoms with van der Waals surface area (Å²) in [6, 6.07) is 7.72. The van der Waals surface area contributed by atoms with Crippen molar-refractivity contribution < 1.29 is 14.3 Å². The zero-order valence-corrected chi connectivity index (χ0v) is 12.9. The van der Waals surface area contributed by atoms with Gasteiger partial charge in [0.25, 0.3) is 0 Å². The molecule has 1 aliphatic rings. The summed E-state index contributed by atoms with van der Waals surface area (Å²) in [6.07, 6.45) is 0.804. The molecule has 21 heavy (non-hydrogen) atoms. The smallest absolute Gasteiger partial charge is 0.227 e. The van der Waals surface area contributed by atoms with E-state index >= 15 is 0 Å². The van der Waals surface area contributed by atoms with E-state index in [1.165, 1.54) is 0 Å². The molecule has 0 radical (unpaired) electrons. The number of hydrogen-bond donors (Lipinski definition) is 2. The highest BCUT2D eigenvalue weighted by atomic mass is 16.5. The molecule has 5 nitrogen and oxygen atoms in total. The number of carbonyl (C=O) groups excluding carboxylic acids is 1. The molecule has 0 saturated carbocycles. The standard InChI is InChI=1S/C16H24N2O3/c1-4-13(11-5-7-12(20-2)8-6-11)16(19)18-14-9-17-10-15(14)21-3/h5-8,13-15,17H,4,9-10H2,1-3H3,(H,18,19)/t13-,14-,15-/m0/s1. The Morgan fingerprint density at radius 2 is 2.05 bits per heavy atom. The van der Waals surface area contributed by atoms with E-state index in [9.17, 15) is 4.79 Å². The monoisotopic (exact) mass is 292 g/mol. The molecule has 1 aliphatic heterocycles. The fourth-order valence-corrected chi connectivity index (χ4v) is 2.74. The van der Waals surface area contributed by atoms with Crippen molar-refractivity contribution in [2.75, 3.05) is 27.3 Å². The molecule has 1 heterocycles. The van der Waals surface area contributed by atoms with Gasteiger partial charge in [-0.25, -0.2) is 0 Å². The minimum atomic E-state index is -0.144. The van der Waals surface area contributed by atoms with Gasteiger partial charge in [-0.2, -0.15) is 0 Å². The largest absolute Gasteiger partial charge is 0.497 e. The van der Waals surface area contributed by atoms with Gasteiger partial charge >= 0.3 is 0 Å². The summed E-state index contributed by atoms with van der Waals surface area (Å²) >= 11 is 0. The summed E-state index contributed by atoms with van der Waals surface area (Å²) < 4.78 is 10.5. The highest BCUT2D eigenvalue weighted by Gasteiger charge is 2.30. The number of ether oxygens (including phenoxy) is 2. The van der Waals surface area contributed by atoms with Crippen LogP contribution in [0.5, 0.6) is 5.75 Å². The number of amides is 1. The third-order valence-electron chi connectivity index (χ3n) is 4.03. The first-order valence-electron chi connectivity index (χ1n) is 7.37. The van der Waals surface area contributed by atoms with Crippen molar-refractivity contribution in [1.82, 2.24) is 10.6 Å². The second kappa shape index (κ2) is 7.43.